The van der Waals surface area contributed by atoms with Gasteiger partial charge in [-0.25, -0.2) is 0 Å². The van der Waals surface area contributed by atoms with Crippen molar-refractivity contribution in [2.75, 3.05) is 0 Å². The largest absolute Gasteiger partial charge is 0.113 e. The van der Waals surface area contributed by atoms with Gasteiger partial charge in [0.05, 0.1) is 5.38 Å². The molecule has 0 saturated heterocycles. The van der Waals surface area contributed by atoms with Crippen molar-refractivity contribution in [3.63, 3.8) is 0 Å². The standard InChI is InChI=1S/C19H23Cl/c1-13(2)9-16-5-7-17(8-6-16)19(20)18-11-14(3)10-15(4)12-18/h5-8,10-13,19H,9H2,1-4H3. The fourth-order valence-corrected chi connectivity index (χ4v) is 2.91. The number of hydrogen-bond acceptors (Lipinski definition) is 0. The lowest BCUT2D eigenvalue weighted by Gasteiger charge is -2.13. The summed E-state index contributed by atoms with van der Waals surface area (Å²) >= 11 is 6.63. The minimum Gasteiger partial charge on any atom is -0.113 e. The van der Waals surface area contributed by atoms with E-state index in [1.807, 2.05) is 0 Å². The van der Waals surface area contributed by atoms with Crippen molar-refractivity contribution in [3.05, 3.63) is 70.3 Å². The predicted molar refractivity (Wildman–Crippen MR) is 88.6 cm³/mol. The van der Waals surface area contributed by atoms with E-state index in [2.05, 4.69) is 70.2 Å². The van der Waals surface area contributed by atoms with Crippen LogP contribution in [0, 0.1) is 19.8 Å². The minimum absolute atomic E-state index is 0.0679. The van der Waals surface area contributed by atoms with Gasteiger partial charge in [0.1, 0.15) is 0 Å². The average Bonchev–Trinajstić information content (AvgIpc) is 2.37. The van der Waals surface area contributed by atoms with Gasteiger partial charge in [0.25, 0.3) is 0 Å². The van der Waals surface area contributed by atoms with E-state index >= 15 is 0 Å². The Bertz CT molecular complexity index is 547. The van der Waals surface area contributed by atoms with E-state index in [0.717, 1.165) is 6.42 Å². The van der Waals surface area contributed by atoms with Gasteiger partial charge >= 0.3 is 0 Å². The molecule has 20 heavy (non-hydrogen) atoms. The highest BCUT2D eigenvalue weighted by Gasteiger charge is 2.11. The first-order valence-corrected chi connectivity index (χ1v) is 7.70. The van der Waals surface area contributed by atoms with Gasteiger partial charge in [-0.15, -0.1) is 11.6 Å². The smallest absolute Gasteiger partial charge is 0.0835 e. The molecule has 1 unspecified atom stereocenters. The Morgan fingerprint density at radius 1 is 0.850 bits per heavy atom. The number of alkyl halides is 1. The third kappa shape index (κ3) is 3.86. The zero-order valence-corrected chi connectivity index (χ0v) is 13.5. The molecule has 0 aliphatic rings. The molecule has 0 aliphatic carbocycles. The molecular weight excluding hydrogens is 264 g/mol. The third-order valence-corrected chi connectivity index (χ3v) is 3.96. The van der Waals surface area contributed by atoms with Crippen LogP contribution in [0.1, 0.15) is 47.0 Å². The number of benzene rings is 2. The van der Waals surface area contributed by atoms with Gasteiger partial charge in [-0.3, -0.25) is 0 Å². The zero-order chi connectivity index (χ0) is 14.7. The summed E-state index contributed by atoms with van der Waals surface area (Å²) in [7, 11) is 0. The average molecular weight is 287 g/mol. The fourth-order valence-electron chi connectivity index (χ4n) is 2.64. The van der Waals surface area contributed by atoms with E-state index in [0.29, 0.717) is 5.92 Å². The van der Waals surface area contributed by atoms with Crippen LogP contribution in [-0.2, 0) is 6.42 Å². The maximum atomic E-state index is 6.63. The Balaban J connectivity index is 2.22. The van der Waals surface area contributed by atoms with E-state index in [1.54, 1.807) is 0 Å². The monoisotopic (exact) mass is 286 g/mol. The third-order valence-electron chi connectivity index (χ3n) is 3.45. The highest BCUT2D eigenvalue weighted by Crippen LogP contribution is 2.30. The molecule has 2 aromatic rings. The van der Waals surface area contributed by atoms with Gasteiger partial charge in [-0.2, -0.15) is 0 Å². The lowest BCUT2D eigenvalue weighted by atomic mass is 9.97. The summed E-state index contributed by atoms with van der Waals surface area (Å²) in [5.74, 6) is 0.687. The van der Waals surface area contributed by atoms with Gasteiger partial charge in [0.2, 0.25) is 0 Å². The van der Waals surface area contributed by atoms with Crippen molar-refractivity contribution < 1.29 is 0 Å². The molecule has 0 heterocycles. The Kier molecular flexibility index (Phi) is 4.88. The summed E-state index contributed by atoms with van der Waals surface area (Å²) in [5.41, 5.74) is 6.27. The van der Waals surface area contributed by atoms with Crippen LogP contribution in [0.15, 0.2) is 42.5 Å². The number of aryl methyl sites for hydroxylation is 2. The summed E-state index contributed by atoms with van der Waals surface area (Å²) in [6.45, 7) is 8.72. The first-order valence-electron chi connectivity index (χ1n) is 7.27. The van der Waals surface area contributed by atoms with Crippen LogP contribution in [0.25, 0.3) is 0 Å². The second-order valence-electron chi connectivity index (χ2n) is 6.12. The highest BCUT2D eigenvalue weighted by molar-refractivity contribution is 6.22. The Morgan fingerprint density at radius 3 is 1.90 bits per heavy atom. The van der Waals surface area contributed by atoms with E-state index in [9.17, 15) is 0 Å². The maximum absolute atomic E-state index is 6.63. The SMILES string of the molecule is Cc1cc(C)cc(C(Cl)c2ccc(CC(C)C)cc2)c1. The molecule has 0 fully saturated rings. The molecule has 0 saturated carbocycles. The molecule has 1 atom stereocenters. The van der Waals surface area contributed by atoms with Crippen LogP contribution in [0.5, 0.6) is 0 Å². The van der Waals surface area contributed by atoms with Crippen LogP contribution in [0.3, 0.4) is 0 Å². The van der Waals surface area contributed by atoms with Crippen molar-refractivity contribution in [2.24, 2.45) is 5.92 Å². The normalized spacial score (nSPS) is 12.7. The molecule has 0 aromatic heterocycles. The first kappa shape index (κ1) is 15.1. The Hall–Kier alpha value is -1.27. The van der Waals surface area contributed by atoms with E-state index < -0.39 is 0 Å². The van der Waals surface area contributed by atoms with Gasteiger partial charge in [0.15, 0.2) is 0 Å². The Labute approximate surface area is 127 Å². The van der Waals surface area contributed by atoms with E-state index in [4.69, 9.17) is 11.6 Å². The molecular formula is C19H23Cl. The Morgan fingerprint density at radius 2 is 1.40 bits per heavy atom. The summed E-state index contributed by atoms with van der Waals surface area (Å²) in [4.78, 5) is 0. The molecule has 2 rings (SSSR count). The minimum atomic E-state index is -0.0679. The molecule has 0 nitrogen and oxygen atoms in total. The van der Waals surface area contributed by atoms with Crippen molar-refractivity contribution in [1.82, 2.24) is 0 Å². The van der Waals surface area contributed by atoms with Crippen LogP contribution in [0.2, 0.25) is 0 Å². The second-order valence-corrected chi connectivity index (χ2v) is 6.56. The van der Waals surface area contributed by atoms with E-state index in [1.165, 1.54) is 27.8 Å². The van der Waals surface area contributed by atoms with Gasteiger partial charge < -0.3 is 0 Å². The van der Waals surface area contributed by atoms with Crippen molar-refractivity contribution in [3.8, 4) is 0 Å². The summed E-state index contributed by atoms with van der Waals surface area (Å²) in [6.07, 6.45) is 1.12. The molecule has 106 valence electrons. The van der Waals surface area contributed by atoms with Crippen molar-refractivity contribution in [2.45, 2.75) is 39.5 Å². The molecule has 0 spiro atoms. The molecule has 0 radical (unpaired) electrons. The predicted octanol–water partition coefficient (Wildman–Crippen LogP) is 5.83. The quantitative estimate of drug-likeness (QED) is 0.620. The molecule has 0 bridgehead atoms. The van der Waals surface area contributed by atoms with Crippen LogP contribution in [0.4, 0.5) is 0 Å². The topological polar surface area (TPSA) is 0 Å². The highest BCUT2D eigenvalue weighted by atomic mass is 35.5. The van der Waals surface area contributed by atoms with Gasteiger partial charge in [-0.1, -0.05) is 67.4 Å². The van der Waals surface area contributed by atoms with E-state index in [-0.39, 0.29) is 5.38 Å². The first-order chi connectivity index (χ1) is 9.45. The molecule has 0 N–H and O–H groups in total. The van der Waals surface area contributed by atoms with Crippen LogP contribution in [-0.4, -0.2) is 0 Å². The van der Waals surface area contributed by atoms with Crippen LogP contribution < -0.4 is 0 Å². The molecule has 0 amide bonds. The molecule has 1 heteroatoms. The lowest BCUT2D eigenvalue weighted by molar-refractivity contribution is 0.647. The number of halogens is 1. The van der Waals surface area contributed by atoms with Crippen LogP contribution >= 0.6 is 11.6 Å². The van der Waals surface area contributed by atoms with Gasteiger partial charge in [0, 0.05) is 0 Å². The maximum Gasteiger partial charge on any atom is 0.0835 e. The molecule has 2 aromatic carbocycles. The molecule has 0 aliphatic heterocycles. The summed E-state index contributed by atoms with van der Waals surface area (Å²) in [6, 6.07) is 15.2. The summed E-state index contributed by atoms with van der Waals surface area (Å²) in [5, 5.41) is -0.0679. The van der Waals surface area contributed by atoms with Gasteiger partial charge in [-0.05, 0) is 42.9 Å². The second kappa shape index (κ2) is 6.45. The summed E-state index contributed by atoms with van der Waals surface area (Å²) < 4.78 is 0. The van der Waals surface area contributed by atoms with Crippen molar-refractivity contribution in [1.29, 1.82) is 0 Å². The zero-order valence-electron chi connectivity index (χ0n) is 12.8. The van der Waals surface area contributed by atoms with Crippen molar-refractivity contribution >= 4 is 11.6 Å². The fraction of sp³-hybridized carbons (Fsp3) is 0.368. The lowest BCUT2D eigenvalue weighted by Crippen LogP contribution is -1.97. The number of rotatable bonds is 4. The number of hydrogen-bond donors (Lipinski definition) is 0.